The molecular weight excluding hydrogens is 301 g/mol. The van der Waals surface area contributed by atoms with Crippen molar-refractivity contribution in [1.82, 2.24) is 40.4 Å². The molecule has 23 heavy (non-hydrogen) atoms. The minimum Gasteiger partial charge on any atom is -0.378 e. The molecule has 1 aromatic carbocycles. The molecule has 0 aliphatic heterocycles. The number of benzene rings is 1. The van der Waals surface area contributed by atoms with Crippen LogP contribution in [0.5, 0.6) is 0 Å². The summed E-state index contributed by atoms with van der Waals surface area (Å²) < 4.78 is 17.1. The summed E-state index contributed by atoms with van der Waals surface area (Å²) in [5.41, 5.74) is 1.01. The topological polar surface area (TPSA) is 99.2 Å². The molecule has 0 unspecified atom stereocenters. The Balaban J connectivity index is 1.79. The second kappa shape index (κ2) is 6.46. The Kier molecular flexibility index (Phi) is 4.22. The summed E-state index contributed by atoms with van der Waals surface area (Å²) >= 11 is 0. The van der Waals surface area contributed by atoms with E-state index in [0.717, 1.165) is 24.5 Å². The largest absolute Gasteiger partial charge is 0.378 e. The zero-order chi connectivity index (χ0) is 16.2. The number of tetrazole rings is 2. The maximum atomic E-state index is 14.0. The van der Waals surface area contributed by atoms with Gasteiger partial charge >= 0.3 is 0 Å². The Morgan fingerprint density at radius 3 is 2.74 bits per heavy atom. The van der Waals surface area contributed by atoms with Crippen molar-refractivity contribution in [1.29, 1.82) is 0 Å². The second-order valence-corrected chi connectivity index (χ2v) is 4.98. The minimum atomic E-state index is -0.401. The van der Waals surface area contributed by atoms with Gasteiger partial charge in [0, 0.05) is 12.2 Å². The van der Waals surface area contributed by atoms with E-state index in [-0.39, 0.29) is 5.69 Å². The first-order valence-electron chi connectivity index (χ1n) is 7.23. The van der Waals surface area contributed by atoms with Crippen molar-refractivity contribution in [3.8, 4) is 5.69 Å². The van der Waals surface area contributed by atoms with Gasteiger partial charge in [0.1, 0.15) is 11.5 Å². The summed E-state index contributed by atoms with van der Waals surface area (Å²) in [5.74, 6) is 0.825. The van der Waals surface area contributed by atoms with Crippen LogP contribution in [0.1, 0.15) is 25.0 Å². The van der Waals surface area contributed by atoms with Gasteiger partial charge in [-0.15, -0.1) is 10.2 Å². The zero-order valence-corrected chi connectivity index (χ0v) is 12.8. The van der Waals surface area contributed by atoms with Crippen LogP contribution in [0.3, 0.4) is 0 Å². The number of nitrogens with zero attached hydrogens (tertiary/aromatic N) is 8. The molecule has 0 aliphatic rings. The van der Waals surface area contributed by atoms with Gasteiger partial charge in [0.15, 0.2) is 11.6 Å². The molecule has 0 bridgehead atoms. The molecule has 0 fully saturated rings. The van der Waals surface area contributed by atoms with Crippen molar-refractivity contribution < 1.29 is 4.39 Å². The van der Waals surface area contributed by atoms with Gasteiger partial charge in [-0.3, -0.25) is 0 Å². The lowest BCUT2D eigenvalue weighted by molar-refractivity contribution is 0.558. The fourth-order valence-corrected chi connectivity index (χ4v) is 2.16. The number of anilines is 1. The van der Waals surface area contributed by atoms with Crippen LogP contribution in [0.4, 0.5) is 10.1 Å². The normalized spacial score (nSPS) is 10.9. The molecule has 0 atom stereocenters. The Morgan fingerprint density at radius 1 is 1.17 bits per heavy atom. The van der Waals surface area contributed by atoms with E-state index in [2.05, 4.69) is 43.3 Å². The Morgan fingerprint density at radius 2 is 2.00 bits per heavy atom. The van der Waals surface area contributed by atoms with Crippen molar-refractivity contribution in [2.24, 2.45) is 0 Å². The average molecular weight is 317 g/mol. The molecule has 0 spiro atoms. The van der Waals surface area contributed by atoms with E-state index in [4.69, 9.17) is 0 Å². The first-order valence-corrected chi connectivity index (χ1v) is 7.23. The van der Waals surface area contributed by atoms with Gasteiger partial charge in [-0.25, -0.2) is 9.07 Å². The van der Waals surface area contributed by atoms with Gasteiger partial charge in [0.05, 0.1) is 6.54 Å². The van der Waals surface area contributed by atoms with Crippen molar-refractivity contribution in [3.63, 3.8) is 0 Å². The Bertz CT molecular complexity index is 794. The molecule has 10 heteroatoms. The van der Waals surface area contributed by atoms with E-state index in [0.29, 0.717) is 12.4 Å². The van der Waals surface area contributed by atoms with Crippen LogP contribution in [0.15, 0.2) is 18.2 Å². The van der Waals surface area contributed by atoms with E-state index in [1.165, 1.54) is 10.7 Å². The molecule has 3 rings (SSSR count). The first-order chi connectivity index (χ1) is 11.2. The van der Waals surface area contributed by atoms with Crippen molar-refractivity contribution in [2.75, 3.05) is 5.32 Å². The van der Waals surface area contributed by atoms with E-state index < -0.39 is 5.82 Å². The van der Waals surface area contributed by atoms with Crippen LogP contribution in [-0.4, -0.2) is 40.4 Å². The first kappa shape index (κ1) is 15.0. The quantitative estimate of drug-likeness (QED) is 0.727. The minimum absolute atomic E-state index is 0.283. The predicted molar refractivity (Wildman–Crippen MR) is 79.3 cm³/mol. The van der Waals surface area contributed by atoms with Gasteiger partial charge in [0.2, 0.25) is 0 Å². The number of aryl methyl sites for hydroxylation is 2. The Hall–Kier alpha value is -2.91. The fourth-order valence-electron chi connectivity index (χ4n) is 2.16. The molecule has 9 nitrogen and oxygen atoms in total. The smallest absolute Gasteiger partial charge is 0.170 e. The Labute approximate surface area is 131 Å². The van der Waals surface area contributed by atoms with Crippen LogP contribution in [0, 0.1) is 12.7 Å². The number of nitrogens with one attached hydrogen (secondary N) is 1. The lowest BCUT2D eigenvalue weighted by Gasteiger charge is -2.09. The van der Waals surface area contributed by atoms with Gasteiger partial charge in [-0.1, -0.05) is 6.92 Å². The van der Waals surface area contributed by atoms with E-state index in [9.17, 15) is 4.39 Å². The summed E-state index contributed by atoms with van der Waals surface area (Å²) in [7, 11) is 0. The third-order valence-electron chi connectivity index (χ3n) is 3.29. The molecule has 0 saturated heterocycles. The molecule has 1 N–H and O–H groups in total. The number of aromatic nitrogens is 8. The molecule has 2 aromatic heterocycles. The standard InChI is InChI=1S/C13H16FN9/c1-3-6-22-13(17-19-20-22)8-15-10-4-5-11(14)12(7-10)23-9(2)16-18-21-23/h4-5,7,15H,3,6,8H2,1-2H3. The number of hydrogen-bond donors (Lipinski definition) is 1. The van der Waals surface area contributed by atoms with Crippen LogP contribution in [0.2, 0.25) is 0 Å². The average Bonchev–Trinajstić information content (AvgIpc) is 3.16. The van der Waals surface area contributed by atoms with E-state index in [1.807, 2.05) is 0 Å². The third-order valence-corrected chi connectivity index (χ3v) is 3.29. The molecule has 120 valence electrons. The van der Waals surface area contributed by atoms with Crippen LogP contribution in [-0.2, 0) is 13.1 Å². The monoisotopic (exact) mass is 317 g/mol. The summed E-state index contributed by atoms with van der Waals surface area (Å²) in [5, 5.41) is 25.8. The highest BCUT2D eigenvalue weighted by Crippen LogP contribution is 2.19. The van der Waals surface area contributed by atoms with Gasteiger partial charge in [0.25, 0.3) is 0 Å². The van der Waals surface area contributed by atoms with Gasteiger partial charge in [-0.2, -0.15) is 4.68 Å². The lowest BCUT2D eigenvalue weighted by Crippen LogP contribution is -2.10. The number of rotatable bonds is 6. The van der Waals surface area contributed by atoms with E-state index in [1.54, 1.807) is 23.7 Å². The summed E-state index contributed by atoms with van der Waals surface area (Å²) in [6.45, 7) is 4.95. The number of halogens is 1. The van der Waals surface area contributed by atoms with Gasteiger partial charge < -0.3 is 5.32 Å². The zero-order valence-electron chi connectivity index (χ0n) is 12.8. The summed E-state index contributed by atoms with van der Waals surface area (Å²) in [6, 6.07) is 4.66. The third kappa shape index (κ3) is 3.15. The number of hydrogen-bond acceptors (Lipinski definition) is 7. The highest BCUT2D eigenvalue weighted by atomic mass is 19.1. The highest BCUT2D eigenvalue weighted by Gasteiger charge is 2.11. The SMILES string of the molecule is CCCn1nnnc1CNc1ccc(F)c(-n2nnnc2C)c1. The van der Waals surface area contributed by atoms with E-state index >= 15 is 0 Å². The van der Waals surface area contributed by atoms with Crippen LogP contribution >= 0.6 is 0 Å². The summed E-state index contributed by atoms with van der Waals surface area (Å²) in [6.07, 6.45) is 0.942. The molecule has 0 amide bonds. The predicted octanol–water partition coefficient (Wildman–Crippen LogP) is 1.12. The molecule has 0 radical (unpaired) electrons. The van der Waals surface area contributed by atoms with Crippen molar-refractivity contribution in [2.45, 2.75) is 33.4 Å². The molecular formula is C13H16FN9. The van der Waals surface area contributed by atoms with Crippen LogP contribution in [0.25, 0.3) is 5.69 Å². The van der Waals surface area contributed by atoms with Crippen LogP contribution < -0.4 is 5.32 Å². The molecule has 0 saturated carbocycles. The van der Waals surface area contributed by atoms with Crippen molar-refractivity contribution in [3.05, 3.63) is 35.7 Å². The van der Waals surface area contributed by atoms with Crippen molar-refractivity contribution >= 4 is 5.69 Å². The maximum absolute atomic E-state index is 14.0. The molecule has 2 heterocycles. The highest BCUT2D eigenvalue weighted by molar-refractivity contribution is 5.51. The lowest BCUT2D eigenvalue weighted by atomic mass is 10.2. The fraction of sp³-hybridized carbons (Fsp3) is 0.385. The summed E-state index contributed by atoms with van der Waals surface area (Å²) in [4.78, 5) is 0. The van der Waals surface area contributed by atoms with Gasteiger partial charge in [-0.05, 0) is 52.4 Å². The molecule has 3 aromatic rings. The maximum Gasteiger partial charge on any atom is 0.170 e. The second-order valence-electron chi connectivity index (χ2n) is 4.98. The molecule has 0 aliphatic carbocycles.